The van der Waals surface area contributed by atoms with Crippen molar-refractivity contribution in [1.82, 2.24) is 5.32 Å². The molecule has 0 aliphatic carbocycles. The first kappa shape index (κ1) is 17.5. The molecular formula is C21H25NO3. The third-order valence-corrected chi connectivity index (χ3v) is 5.21. The van der Waals surface area contributed by atoms with E-state index in [1.807, 2.05) is 62.4 Å². The maximum atomic E-state index is 12.8. The van der Waals surface area contributed by atoms with E-state index >= 15 is 0 Å². The Morgan fingerprint density at radius 3 is 1.40 bits per heavy atom. The maximum Gasteiger partial charge on any atom is 0.142 e. The van der Waals surface area contributed by atoms with Crippen LogP contribution < -0.4 is 14.8 Å². The van der Waals surface area contributed by atoms with Crippen LogP contribution in [-0.4, -0.2) is 20.0 Å². The van der Waals surface area contributed by atoms with E-state index in [0.29, 0.717) is 5.78 Å². The molecule has 3 rings (SSSR count). The topological polar surface area (TPSA) is 47.6 Å². The van der Waals surface area contributed by atoms with Gasteiger partial charge < -0.3 is 14.8 Å². The number of ether oxygens (including phenoxy) is 2. The molecule has 1 fully saturated rings. The summed E-state index contributed by atoms with van der Waals surface area (Å²) in [6.45, 7) is 4.01. The average molecular weight is 339 g/mol. The number of Topliss-reactive ketones (excluding diaryl/α,β-unsaturated/α-hetero) is 1. The van der Waals surface area contributed by atoms with Gasteiger partial charge in [0.25, 0.3) is 0 Å². The largest absolute Gasteiger partial charge is 0.497 e. The van der Waals surface area contributed by atoms with Gasteiger partial charge in [-0.3, -0.25) is 4.79 Å². The van der Waals surface area contributed by atoms with E-state index in [2.05, 4.69) is 5.32 Å². The highest BCUT2D eigenvalue weighted by atomic mass is 16.5. The second kappa shape index (κ2) is 7.28. The molecule has 1 N–H and O–H groups in total. The fraction of sp³-hybridized carbons (Fsp3) is 0.381. The summed E-state index contributed by atoms with van der Waals surface area (Å²) in [5, 5.41) is 3.69. The SMILES string of the molecule is COc1ccc([C@H]2N[C@H](c3ccc(OC)cc3)[C@H](C)C(=O)[C@H]2C)cc1. The van der Waals surface area contributed by atoms with E-state index in [0.717, 1.165) is 22.6 Å². The Hall–Kier alpha value is -2.33. The van der Waals surface area contributed by atoms with Crippen molar-refractivity contribution in [3.63, 3.8) is 0 Å². The van der Waals surface area contributed by atoms with Crippen LogP contribution in [0.1, 0.15) is 37.1 Å². The molecule has 0 saturated carbocycles. The Kier molecular flexibility index (Phi) is 5.09. The molecule has 1 saturated heterocycles. The van der Waals surface area contributed by atoms with Crippen molar-refractivity contribution >= 4 is 5.78 Å². The monoisotopic (exact) mass is 339 g/mol. The van der Waals surface area contributed by atoms with Crippen molar-refractivity contribution in [2.24, 2.45) is 11.8 Å². The first-order chi connectivity index (χ1) is 12.0. The molecule has 4 heteroatoms. The molecule has 0 aromatic heterocycles. The first-order valence-electron chi connectivity index (χ1n) is 8.63. The van der Waals surface area contributed by atoms with Crippen LogP contribution in [0.4, 0.5) is 0 Å². The zero-order valence-corrected chi connectivity index (χ0v) is 15.2. The van der Waals surface area contributed by atoms with Crippen LogP contribution in [0.3, 0.4) is 0 Å². The van der Waals surface area contributed by atoms with E-state index in [1.54, 1.807) is 14.2 Å². The molecule has 4 nitrogen and oxygen atoms in total. The summed E-state index contributed by atoms with van der Waals surface area (Å²) in [5.74, 6) is 1.79. The molecule has 132 valence electrons. The lowest BCUT2D eigenvalue weighted by atomic mass is 9.76. The molecule has 2 aromatic carbocycles. The van der Waals surface area contributed by atoms with Gasteiger partial charge in [0.2, 0.25) is 0 Å². The summed E-state index contributed by atoms with van der Waals surface area (Å²) in [4.78, 5) is 12.8. The lowest BCUT2D eigenvalue weighted by molar-refractivity contribution is -0.130. The highest BCUT2D eigenvalue weighted by Gasteiger charge is 2.40. The summed E-state index contributed by atoms with van der Waals surface area (Å²) in [6.07, 6.45) is 0. The van der Waals surface area contributed by atoms with Crippen LogP contribution in [0.2, 0.25) is 0 Å². The second-order valence-corrected chi connectivity index (χ2v) is 6.65. The van der Waals surface area contributed by atoms with E-state index in [9.17, 15) is 4.79 Å². The number of benzene rings is 2. The number of nitrogens with one attached hydrogen (secondary N) is 1. The fourth-order valence-corrected chi connectivity index (χ4v) is 3.62. The highest BCUT2D eigenvalue weighted by molar-refractivity contribution is 5.85. The average Bonchev–Trinajstić information content (AvgIpc) is 2.67. The van der Waals surface area contributed by atoms with E-state index in [1.165, 1.54) is 0 Å². The Labute approximate surface area is 149 Å². The molecule has 0 spiro atoms. The van der Waals surface area contributed by atoms with E-state index in [4.69, 9.17) is 9.47 Å². The lowest BCUT2D eigenvalue weighted by Crippen LogP contribution is -2.46. The molecule has 25 heavy (non-hydrogen) atoms. The lowest BCUT2D eigenvalue weighted by Gasteiger charge is -2.39. The van der Waals surface area contributed by atoms with Gasteiger partial charge in [-0.1, -0.05) is 38.1 Å². The maximum absolute atomic E-state index is 12.8. The predicted octanol–water partition coefficient (Wildman–Crippen LogP) is 3.93. The van der Waals surface area contributed by atoms with Gasteiger partial charge in [-0.25, -0.2) is 0 Å². The third kappa shape index (κ3) is 3.40. The molecule has 1 aliphatic heterocycles. The number of hydrogen-bond acceptors (Lipinski definition) is 4. The highest BCUT2D eigenvalue weighted by Crippen LogP contribution is 2.38. The third-order valence-electron chi connectivity index (χ3n) is 5.21. The number of piperidine rings is 1. The van der Waals surface area contributed by atoms with Gasteiger partial charge in [0.15, 0.2) is 0 Å². The minimum atomic E-state index is -0.0714. The van der Waals surface area contributed by atoms with Gasteiger partial charge in [-0.2, -0.15) is 0 Å². The number of rotatable bonds is 4. The first-order valence-corrected chi connectivity index (χ1v) is 8.63. The molecule has 0 unspecified atom stereocenters. The number of hydrogen-bond donors (Lipinski definition) is 1. The van der Waals surface area contributed by atoms with Gasteiger partial charge in [0, 0.05) is 23.9 Å². The Morgan fingerprint density at radius 2 is 1.08 bits per heavy atom. The fourth-order valence-electron chi connectivity index (χ4n) is 3.62. The predicted molar refractivity (Wildman–Crippen MR) is 97.9 cm³/mol. The van der Waals surface area contributed by atoms with Gasteiger partial charge in [-0.15, -0.1) is 0 Å². The molecular weight excluding hydrogens is 314 g/mol. The van der Waals surface area contributed by atoms with Crippen LogP contribution in [0.5, 0.6) is 11.5 Å². The van der Waals surface area contributed by atoms with Gasteiger partial charge in [0.1, 0.15) is 17.3 Å². The molecule has 4 atom stereocenters. The summed E-state index contributed by atoms with van der Waals surface area (Å²) >= 11 is 0. The summed E-state index contributed by atoms with van der Waals surface area (Å²) in [7, 11) is 3.31. The summed E-state index contributed by atoms with van der Waals surface area (Å²) in [5.41, 5.74) is 2.21. The molecule has 0 bridgehead atoms. The van der Waals surface area contributed by atoms with Crippen molar-refractivity contribution < 1.29 is 14.3 Å². The van der Waals surface area contributed by atoms with Gasteiger partial charge in [0.05, 0.1) is 14.2 Å². The Bertz CT molecular complexity index is 662. The molecule has 0 amide bonds. The normalized spacial score (nSPS) is 26.3. The van der Waals surface area contributed by atoms with Gasteiger partial charge >= 0.3 is 0 Å². The summed E-state index contributed by atoms with van der Waals surface area (Å²) in [6, 6.07) is 15.8. The molecule has 0 radical (unpaired) electrons. The van der Waals surface area contributed by atoms with E-state index in [-0.39, 0.29) is 23.9 Å². The molecule has 1 aliphatic rings. The van der Waals surface area contributed by atoms with E-state index < -0.39 is 0 Å². The van der Waals surface area contributed by atoms with Crippen LogP contribution in [0, 0.1) is 11.8 Å². The van der Waals surface area contributed by atoms with Crippen molar-refractivity contribution in [2.45, 2.75) is 25.9 Å². The zero-order chi connectivity index (χ0) is 18.0. The van der Waals surface area contributed by atoms with Crippen molar-refractivity contribution in [1.29, 1.82) is 0 Å². The second-order valence-electron chi connectivity index (χ2n) is 6.65. The summed E-state index contributed by atoms with van der Waals surface area (Å²) < 4.78 is 10.5. The van der Waals surface area contributed by atoms with Crippen molar-refractivity contribution in [3.05, 3.63) is 59.7 Å². The van der Waals surface area contributed by atoms with Crippen LogP contribution in [0.25, 0.3) is 0 Å². The van der Waals surface area contributed by atoms with Crippen LogP contribution >= 0.6 is 0 Å². The van der Waals surface area contributed by atoms with Crippen LogP contribution in [-0.2, 0) is 4.79 Å². The van der Waals surface area contributed by atoms with Crippen molar-refractivity contribution in [2.75, 3.05) is 14.2 Å². The molecule has 1 heterocycles. The number of methoxy groups -OCH3 is 2. The van der Waals surface area contributed by atoms with Crippen molar-refractivity contribution in [3.8, 4) is 11.5 Å². The zero-order valence-electron chi connectivity index (χ0n) is 15.2. The smallest absolute Gasteiger partial charge is 0.142 e. The number of carbonyl (C=O) groups excluding carboxylic acids is 1. The Balaban J connectivity index is 1.89. The number of ketones is 1. The molecule has 2 aromatic rings. The minimum absolute atomic E-state index is 0.0123. The Morgan fingerprint density at radius 1 is 0.720 bits per heavy atom. The standard InChI is InChI=1S/C21H25NO3/c1-13-19(15-5-9-17(24-3)10-6-15)22-20(14(2)21(13)23)16-7-11-18(25-4)12-8-16/h5-14,19-20,22H,1-4H3/t13-,14-,19-,20-/m0/s1. The number of carbonyl (C=O) groups is 1. The van der Waals surface area contributed by atoms with Crippen LogP contribution in [0.15, 0.2) is 48.5 Å². The minimum Gasteiger partial charge on any atom is -0.497 e. The quantitative estimate of drug-likeness (QED) is 0.917. The van der Waals surface area contributed by atoms with Gasteiger partial charge in [-0.05, 0) is 35.4 Å².